The zero-order valence-corrected chi connectivity index (χ0v) is 19.5. The molecule has 0 atom stereocenters. The standard InChI is InChI=1S/C30H28O4/c1-32-25-13-15-26-23(19-25)10-5-20-6-11-24(12-7-20)34-30-18-22(9-16-28(30)31)4-3-21-8-14-27(26)29(17-21)33-2/h6-9,11-19,31H,3-5,10H2,1-2H3. The minimum Gasteiger partial charge on any atom is -0.504 e. The number of hydrogen-bond donors (Lipinski definition) is 1. The lowest BCUT2D eigenvalue weighted by Gasteiger charge is -2.16. The highest BCUT2D eigenvalue weighted by Gasteiger charge is 2.14. The molecular weight excluding hydrogens is 424 g/mol. The summed E-state index contributed by atoms with van der Waals surface area (Å²) in [6.45, 7) is 0. The summed E-state index contributed by atoms with van der Waals surface area (Å²) < 4.78 is 17.3. The molecule has 6 bridgehead atoms. The molecule has 8 rings (SSSR count). The van der Waals surface area contributed by atoms with Crippen LogP contribution in [0.1, 0.15) is 22.3 Å². The van der Waals surface area contributed by atoms with Gasteiger partial charge in [-0.05, 0) is 96.0 Å². The SMILES string of the molecule is COc1ccc2c(c1)CCc1ccc(cc1)Oc1cc(ccc1O)CCc1ccc-2c(OC)c1. The lowest BCUT2D eigenvalue weighted by atomic mass is 9.93. The Morgan fingerprint density at radius 3 is 2.09 bits per heavy atom. The quantitative estimate of drug-likeness (QED) is 0.365. The van der Waals surface area contributed by atoms with E-state index in [9.17, 15) is 5.11 Å². The average Bonchev–Trinajstić information content (AvgIpc) is 2.88. The molecule has 4 aromatic carbocycles. The maximum atomic E-state index is 10.3. The molecule has 0 aliphatic carbocycles. The van der Waals surface area contributed by atoms with Crippen molar-refractivity contribution in [1.29, 1.82) is 0 Å². The third-order valence-electron chi connectivity index (χ3n) is 6.43. The first-order chi connectivity index (χ1) is 16.6. The molecule has 0 unspecified atom stereocenters. The number of methoxy groups -OCH3 is 2. The van der Waals surface area contributed by atoms with Gasteiger partial charge in [-0.3, -0.25) is 0 Å². The van der Waals surface area contributed by atoms with Crippen LogP contribution in [-0.4, -0.2) is 19.3 Å². The van der Waals surface area contributed by atoms with Crippen molar-refractivity contribution in [3.63, 3.8) is 0 Å². The summed E-state index contributed by atoms with van der Waals surface area (Å²) in [4.78, 5) is 0. The van der Waals surface area contributed by atoms with E-state index in [-0.39, 0.29) is 5.75 Å². The highest BCUT2D eigenvalue weighted by Crippen LogP contribution is 2.37. The molecule has 4 heterocycles. The summed E-state index contributed by atoms with van der Waals surface area (Å²) >= 11 is 0. The highest BCUT2D eigenvalue weighted by atomic mass is 16.5. The first-order valence-corrected chi connectivity index (χ1v) is 11.6. The molecule has 0 radical (unpaired) electrons. The summed E-state index contributed by atoms with van der Waals surface area (Å²) in [7, 11) is 3.42. The monoisotopic (exact) mass is 452 g/mol. The third-order valence-corrected chi connectivity index (χ3v) is 6.43. The van der Waals surface area contributed by atoms with Crippen LogP contribution in [0.3, 0.4) is 0 Å². The fourth-order valence-electron chi connectivity index (χ4n) is 4.49. The molecule has 4 nitrogen and oxygen atoms in total. The summed E-state index contributed by atoms with van der Waals surface area (Å²) in [5.74, 6) is 3.03. The Morgan fingerprint density at radius 2 is 1.32 bits per heavy atom. The van der Waals surface area contributed by atoms with Gasteiger partial charge in [0.25, 0.3) is 0 Å². The zero-order chi connectivity index (χ0) is 23.5. The molecule has 4 aromatic rings. The number of aromatic hydroxyl groups is 1. The summed E-state index contributed by atoms with van der Waals surface area (Å²) in [6.07, 6.45) is 3.42. The highest BCUT2D eigenvalue weighted by molar-refractivity contribution is 5.74. The maximum absolute atomic E-state index is 10.3. The third kappa shape index (κ3) is 4.58. The van der Waals surface area contributed by atoms with Crippen LogP contribution >= 0.6 is 0 Å². The number of phenolic OH excluding ortho intramolecular Hbond substituents is 1. The topological polar surface area (TPSA) is 47.9 Å². The van der Waals surface area contributed by atoms with Crippen LogP contribution in [0.25, 0.3) is 11.1 Å². The van der Waals surface area contributed by atoms with Gasteiger partial charge in [0.15, 0.2) is 11.5 Å². The molecule has 0 saturated carbocycles. The summed E-state index contributed by atoms with van der Waals surface area (Å²) in [6, 6.07) is 26.3. The normalized spacial score (nSPS) is 12.9. The first kappa shape index (κ1) is 21.9. The van der Waals surface area contributed by atoms with Gasteiger partial charge in [-0.1, -0.05) is 36.4 Å². The van der Waals surface area contributed by atoms with Gasteiger partial charge >= 0.3 is 0 Å². The van der Waals surface area contributed by atoms with Crippen LogP contribution in [-0.2, 0) is 25.7 Å². The van der Waals surface area contributed by atoms with E-state index in [0.717, 1.165) is 53.9 Å². The molecule has 4 aliphatic heterocycles. The van der Waals surface area contributed by atoms with Crippen LogP contribution in [0.15, 0.2) is 78.9 Å². The fraction of sp³-hybridized carbons (Fsp3) is 0.200. The molecule has 4 aliphatic rings. The molecule has 1 N–H and O–H groups in total. The Labute approximate surface area is 200 Å². The van der Waals surface area contributed by atoms with Gasteiger partial charge in [-0.25, -0.2) is 0 Å². The predicted octanol–water partition coefficient (Wildman–Crippen LogP) is 6.75. The number of rotatable bonds is 2. The second-order valence-corrected chi connectivity index (χ2v) is 8.61. The van der Waals surface area contributed by atoms with Gasteiger partial charge in [0.1, 0.15) is 17.2 Å². The fourth-order valence-corrected chi connectivity index (χ4v) is 4.49. The molecular formula is C30H28O4. The van der Waals surface area contributed by atoms with Crippen molar-refractivity contribution >= 4 is 0 Å². The van der Waals surface area contributed by atoms with E-state index < -0.39 is 0 Å². The molecule has 34 heavy (non-hydrogen) atoms. The Morgan fingerprint density at radius 1 is 0.647 bits per heavy atom. The number of benzene rings is 4. The minimum atomic E-state index is 0.138. The molecule has 0 amide bonds. The summed E-state index contributed by atoms with van der Waals surface area (Å²) in [5, 5.41) is 10.3. The first-order valence-electron chi connectivity index (χ1n) is 11.6. The second-order valence-electron chi connectivity index (χ2n) is 8.61. The van der Waals surface area contributed by atoms with Crippen LogP contribution < -0.4 is 14.2 Å². The van der Waals surface area contributed by atoms with E-state index in [1.54, 1.807) is 20.3 Å². The Bertz CT molecular complexity index is 1310. The van der Waals surface area contributed by atoms with Crippen molar-refractivity contribution < 1.29 is 19.3 Å². The van der Waals surface area contributed by atoms with E-state index >= 15 is 0 Å². The Balaban J connectivity index is 1.60. The predicted molar refractivity (Wildman–Crippen MR) is 134 cm³/mol. The summed E-state index contributed by atoms with van der Waals surface area (Å²) in [5.41, 5.74) is 6.97. The van der Waals surface area contributed by atoms with E-state index in [2.05, 4.69) is 42.5 Å². The lowest BCUT2D eigenvalue weighted by Crippen LogP contribution is -1.99. The van der Waals surface area contributed by atoms with Crippen LogP contribution in [0.4, 0.5) is 0 Å². The number of phenols is 1. The van der Waals surface area contributed by atoms with Crippen molar-refractivity contribution in [2.45, 2.75) is 25.7 Å². The van der Waals surface area contributed by atoms with Crippen molar-refractivity contribution in [3.05, 3.63) is 101 Å². The van der Waals surface area contributed by atoms with Gasteiger partial charge in [-0.15, -0.1) is 0 Å². The molecule has 0 saturated heterocycles. The molecule has 0 aromatic heterocycles. The molecule has 172 valence electrons. The number of hydrogen-bond acceptors (Lipinski definition) is 4. The molecule has 0 spiro atoms. The lowest BCUT2D eigenvalue weighted by molar-refractivity contribution is 0.410. The van der Waals surface area contributed by atoms with Crippen LogP contribution in [0, 0.1) is 0 Å². The van der Waals surface area contributed by atoms with E-state index in [1.807, 2.05) is 30.3 Å². The van der Waals surface area contributed by atoms with Gasteiger partial charge in [-0.2, -0.15) is 0 Å². The Kier molecular flexibility index (Phi) is 6.13. The minimum absolute atomic E-state index is 0.138. The van der Waals surface area contributed by atoms with Crippen molar-refractivity contribution in [2.75, 3.05) is 14.2 Å². The van der Waals surface area contributed by atoms with Crippen LogP contribution in [0.2, 0.25) is 0 Å². The van der Waals surface area contributed by atoms with Gasteiger partial charge < -0.3 is 19.3 Å². The molecule has 0 fully saturated rings. The smallest absolute Gasteiger partial charge is 0.169 e. The molecule has 4 heteroatoms. The van der Waals surface area contributed by atoms with Crippen molar-refractivity contribution in [3.8, 4) is 39.9 Å². The van der Waals surface area contributed by atoms with E-state index in [0.29, 0.717) is 11.5 Å². The van der Waals surface area contributed by atoms with Gasteiger partial charge in [0, 0.05) is 5.56 Å². The number of aryl methyl sites for hydroxylation is 4. The van der Waals surface area contributed by atoms with E-state index in [1.165, 1.54) is 16.7 Å². The van der Waals surface area contributed by atoms with Crippen molar-refractivity contribution in [2.24, 2.45) is 0 Å². The van der Waals surface area contributed by atoms with Gasteiger partial charge in [0.2, 0.25) is 0 Å². The van der Waals surface area contributed by atoms with E-state index in [4.69, 9.17) is 14.2 Å². The zero-order valence-electron chi connectivity index (χ0n) is 19.5. The largest absolute Gasteiger partial charge is 0.504 e. The van der Waals surface area contributed by atoms with Crippen molar-refractivity contribution in [1.82, 2.24) is 0 Å². The average molecular weight is 453 g/mol. The Hall–Kier alpha value is -3.92. The van der Waals surface area contributed by atoms with Crippen LogP contribution in [0.5, 0.6) is 28.7 Å². The maximum Gasteiger partial charge on any atom is 0.169 e. The van der Waals surface area contributed by atoms with Gasteiger partial charge in [0.05, 0.1) is 14.2 Å². The number of ether oxygens (including phenoxy) is 3. The second kappa shape index (κ2) is 9.52.